The smallest absolute Gasteiger partial charge is 0.315 e. The Kier molecular flexibility index (Phi) is 9.42. The Labute approximate surface area is 113 Å². The topological polar surface area (TPSA) is 26.3 Å². The third-order valence-electron chi connectivity index (χ3n) is 2.20. The van der Waals surface area contributed by atoms with Crippen LogP contribution in [-0.2, 0) is 9.53 Å². The standard InChI is InChI=1S/C13H24F2O2S/c1-11(2)9-17-12(16)10-18-8-6-4-5-7-13(3,14)15/h11H,4-10H2,1-3H3. The Bertz CT molecular complexity index is 228. The summed E-state index contributed by atoms with van der Waals surface area (Å²) in [5.41, 5.74) is 0. The van der Waals surface area contributed by atoms with Crippen molar-refractivity contribution >= 4 is 17.7 Å². The van der Waals surface area contributed by atoms with E-state index in [1.807, 2.05) is 13.8 Å². The summed E-state index contributed by atoms with van der Waals surface area (Å²) in [6, 6.07) is 0. The van der Waals surface area contributed by atoms with Crippen molar-refractivity contribution in [1.82, 2.24) is 0 Å². The van der Waals surface area contributed by atoms with Gasteiger partial charge in [-0.05, 0) is 31.4 Å². The molecule has 0 aliphatic heterocycles. The average Bonchev–Trinajstić information content (AvgIpc) is 2.23. The second kappa shape index (κ2) is 9.59. The van der Waals surface area contributed by atoms with Crippen LogP contribution in [0.2, 0.25) is 0 Å². The molecule has 0 N–H and O–H groups in total. The van der Waals surface area contributed by atoms with E-state index in [9.17, 15) is 13.6 Å². The number of ether oxygens (including phenoxy) is 1. The summed E-state index contributed by atoms with van der Waals surface area (Å²) >= 11 is 1.51. The van der Waals surface area contributed by atoms with Gasteiger partial charge in [-0.2, -0.15) is 11.8 Å². The molecule has 0 aliphatic carbocycles. The number of esters is 1. The zero-order valence-electron chi connectivity index (χ0n) is 11.5. The third-order valence-corrected chi connectivity index (χ3v) is 3.22. The highest BCUT2D eigenvalue weighted by molar-refractivity contribution is 7.99. The van der Waals surface area contributed by atoms with Crippen LogP contribution < -0.4 is 0 Å². The van der Waals surface area contributed by atoms with Gasteiger partial charge in [0.2, 0.25) is 5.92 Å². The summed E-state index contributed by atoms with van der Waals surface area (Å²) in [7, 11) is 0. The van der Waals surface area contributed by atoms with Gasteiger partial charge in [0, 0.05) is 6.42 Å². The lowest BCUT2D eigenvalue weighted by molar-refractivity contribution is -0.141. The van der Waals surface area contributed by atoms with Gasteiger partial charge in [-0.25, -0.2) is 8.78 Å². The predicted molar refractivity (Wildman–Crippen MR) is 72.2 cm³/mol. The van der Waals surface area contributed by atoms with Crippen LogP contribution in [0.4, 0.5) is 8.78 Å². The number of carbonyl (C=O) groups excluding carboxylic acids is 1. The van der Waals surface area contributed by atoms with Gasteiger partial charge in [-0.15, -0.1) is 0 Å². The van der Waals surface area contributed by atoms with Crippen molar-refractivity contribution in [2.24, 2.45) is 5.92 Å². The summed E-state index contributed by atoms with van der Waals surface area (Å²) in [5.74, 6) is -1.19. The van der Waals surface area contributed by atoms with E-state index < -0.39 is 5.92 Å². The molecule has 0 aromatic heterocycles. The second-order valence-corrected chi connectivity index (χ2v) is 6.12. The van der Waals surface area contributed by atoms with E-state index in [2.05, 4.69) is 0 Å². The highest BCUT2D eigenvalue weighted by atomic mass is 32.2. The average molecular weight is 282 g/mol. The van der Waals surface area contributed by atoms with Gasteiger partial charge >= 0.3 is 5.97 Å². The van der Waals surface area contributed by atoms with Crippen molar-refractivity contribution in [3.63, 3.8) is 0 Å². The van der Waals surface area contributed by atoms with E-state index in [0.717, 1.165) is 25.5 Å². The minimum atomic E-state index is -2.55. The van der Waals surface area contributed by atoms with Crippen molar-refractivity contribution in [3.8, 4) is 0 Å². The molecule has 0 heterocycles. The number of hydrogen-bond donors (Lipinski definition) is 0. The van der Waals surface area contributed by atoms with Crippen LogP contribution >= 0.6 is 11.8 Å². The predicted octanol–water partition coefficient (Wildman–Crippen LogP) is 4.13. The fourth-order valence-corrected chi connectivity index (χ4v) is 2.08. The molecule has 0 bridgehead atoms. The minimum Gasteiger partial charge on any atom is -0.465 e. The lowest BCUT2D eigenvalue weighted by atomic mass is 10.1. The largest absolute Gasteiger partial charge is 0.465 e. The van der Waals surface area contributed by atoms with Crippen LogP contribution in [-0.4, -0.2) is 30.0 Å². The number of carbonyl (C=O) groups is 1. The number of thioether (sulfide) groups is 1. The molecular weight excluding hydrogens is 258 g/mol. The monoisotopic (exact) mass is 282 g/mol. The number of alkyl halides is 2. The lowest BCUT2D eigenvalue weighted by Crippen LogP contribution is -2.12. The van der Waals surface area contributed by atoms with Gasteiger partial charge in [-0.1, -0.05) is 20.3 Å². The van der Waals surface area contributed by atoms with E-state index in [4.69, 9.17) is 4.74 Å². The Morgan fingerprint density at radius 3 is 2.50 bits per heavy atom. The van der Waals surface area contributed by atoms with E-state index in [0.29, 0.717) is 24.7 Å². The summed E-state index contributed by atoms with van der Waals surface area (Å²) in [6.45, 7) is 5.39. The first-order chi connectivity index (χ1) is 8.31. The molecule has 0 rings (SSSR count). The summed E-state index contributed by atoms with van der Waals surface area (Å²) in [6.07, 6.45) is 2.16. The SMILES string of the molecule is CC(C)COC(=O)CSCCCCCC(C)(F)F. The highest BCUT2D eigenvalue weighted by Gasteiger charge is 2.19. The van der Waals surface area contributed by atoms with Crippen LogP contribution in [0, 0.1) is 5.92 Å². The normalized spacial score (nSPS) is 11.9. The third kappa shape index (κ3) is 13.7. The summed E-state index contributed by atoms with van der Waals surface area (Å²) < 4.78 is 30.0. The molecular formula is C13H24F2O2S. The van der Waals surface area contributed by atoms with Crippen molar-refractivity contribution in [3.05, 3.63) is 0 Å². The van der Waals surface area contributed by atoms with Gasteiger partial charge in [-0.3, -0.25) is 4.79 Å². The van der Waals surface area contributed by atoms with E-state index >= 15 is 0 Å². The van der Waals surface area contributed by atoms with Gasteiger partial charge < -0.3 is 4.74 Å². The number of hydrogen-bond acceptors (Lipinski definition) is 3. The fraction of sp³-hybridized carbons (Fsp3) is 0.923. The van der Waals surface area contributed by atoms with Gasteiger partial charge in [0.1, 0.15) is 0 Å². The fourth-order valence-electron chi connectivity index (χ4n) is 1.27. The summed E-state index contributed by atoms with van der Waals surface area (Å²) in [5, 5.41) is 0. The second-order valence-electron chi connectivity index (χ2n) is 5.01. The molecule has 0 saturated carbocycles. The van der Waals surface area contributed by atoms with Crippen LogP contribution in [0.5, 0.6) is 0 Å². The molecule has 0 radical (unpaired) electrons. The van der Waals surface area contributed by atoms with Crippen LogP contribution in [0.1, 0.15) is 46.5 Å². The molecule has 18 heavy (non-hydrogen) atoms. The Morgan fingerprint density at radius 1 is 1.28 bits per heavy atom. The Hall–Kier alpha value is -0.320. The first-order valence-electron chi connectivity index (χ1n) is 6.42. The molecule has 2 nitrogen and oxygen atoms in total. The molecule has 0 saturated heterocycles. The molecule has 0 atom stereocenters. The maximum Gasteiger partial charge on any atom is 0.315 e. The first kappa shape index (κ1) is 17.7. The van der Waals surface area contributed by atoms with Crippen molar-refractivity contribution in [1.29, 1.82) is 0 Å². The van der Waals surface area contributed by atoms with Gasteiger partial charge in [0.05, 0.1) is 12.4 Å². The van der Waals surface area contributed by atoms with E-state index in [1.54, 1.807) is 0 Å². The van der Waals surface area contributed by atoms with Gasteiger partial charge in [0.25, 0.3) is 0 Å². The van der Waals surface area contributed by atoms with Crippen molar-refractivity contribution in [2.75, 3.05) is 18.1 Å². The van der Waals surface area contributed by atoms with Crippen LogP contribution in [0.25, 0.3) is 0 Å². The Morgan fingerprint density at radius 2 is 1.94 bits per heavy atom. The highest BCUT2D eigenvalue weighted by Crippen LogP contribution is 2.20. The number of unbranched alkanes of at least 4 members (excludes halogenated alkanes) is 2. The number of rotatable bonds is 10. The first-order valence-corrected chi connectivity index (χ1v) is 7.58. The Balaban J connectivity index is 3.28. The molecule has 0 amide bonds. The zero-order valence-corrected chi connectivity index (χ0v) is 12.3. The van der Waals surface area contributed by atoms with Crippen LogP contribution in [0.3, 0.4) is 0 Å². The van der Waals surface area contributed by atoms with E-state index in [1.165, 1.54) is 11.8 Å². The molecule has 5 heteroatoms. The molecule has 108 valence electrons. The maximum absolute atomic E-state index is 12.5. The molecule has 0 spiro atoms. The quantitative estimate of drug-likeness (QED) is 0.445. The van der Waals surface area contributed by atoms with Crippen LogP contribution in [0.15, 0.2) is 0 Å². The molecule has 0 aromatic carbocycles. The lowest BCUT2D eigenvalue weighted by Gasteiger charge is -2.09. The van der Waals surface area contributed by atoms with Crippen molar-refractivity contribution < 1.29 is 18.3 Å². The van der Waals surface area contributed by atoms with E-state index in [-0.39, 0.29) is 12.4 Å². The van der Waals surface area contributed by atoms with Crippen molar-refractivity contribution in [2.45, 2.75) is 52.4 Å². The maximum atomic E-state index is 12.5. The molecule has 0 fully saturated rings. The molecule has 0 aliphatic rings. The molecule has 0 aromatic rings. The minimum absolute atomic E-state index is 0.0475. The zero-order chi connectivity index (χ0) is 14.0. The number of halogens is 2. The summed E-state index contributed by atoms with van der Waals surface area (Å²) in [4.78, 5) is 11.2. The van der Waals surface area contributed by atoms with Gasteiger partial charge in [0.15, 0.2) is 0 Å². The molecule has 0 unspecified atom stereocenters.